The molecule has 0 unspecified atom stereocenters. The van der Waals surface area contributed by atoms with Gasteiger partial charge in [-0.3, -0.25) is 9.69 Å². The van der Waals surface area contributed by atoms with Crippen molar-refractivity contribution in [1.29, 1.82) is 0 Å². The number of hydrogen-bond donors (Lipinski definition) is 2. The molecule has 0 spiro atoms. The zero-order valence-corrected chi connectivity index (χ0v) is 15.3. The molecule has 24 heavy (non-hydrogen) atoms. The average Bonchev–Trinajstić information content (AvgIpc) is 3.05. The van der Waals surface area contributed by atoms with Crippen LogP contribution in [0.5, 0.6) is 0 Å². The number of imidazole rings is 1. The van der Waals surface area contributed by atoms with E-state index in [-0.39, 0.29) is 18.1 Å². The summed E-state index contributed by atoms with van der Waals surface area (Å²) in [5.74, 6) is 1.62. The van der Waals surface area contributed by atoms with Crippen LogP contribution in [0.15, 0.2) is 0 Å². The fourth-order valence-electron chi connectivity index (χ4n) is 4.51. The van der Waals surface area contributed by atoms with Gasteiger partial charge >= 0.3 is 0 Å². The summed E-state index contributed by atoms with van der Waals surface area (Å²) >= 11 is 0. The highest BCUT2D eigenvalue weighted by Crippen LogP contribution is 2.42. The molecule has 0 aromatic carbocycles. The summed E-state index contributed by atoms with van der Waals surface area (Å²) in [6, 6.07) is 0.416. The first-order valence-corrected chi connectivity index (χ1v) is 9.05. The maximum absolute atomic E-state index is 11.7. The van der Waals surface area contributed by atoms with Crippen molar-refractivity contribution >= 4 is 5.91 Å². The maximum Gasteiger partial charge on any atom is 0.219 e. The molecule has 2 fully saturated rings. The van der Waals surface area contributed by atoms with Crippen LogP contribution < -0.4 is 0 Å². The molecular weight excluding hydrogens is 304 g/mol. The molecule has 0 aliphatic carbocycles. The Morgan fingerprint density at radius 2 is 2.25 bits per heavy atom. The van der Waals surface area contributed by atoms with Crippen LogP contribution in [0.1, 0.15) is 50.8 Å². The van der Waals surface area contributed by atoms with Gasteiger partial charge in [-0.05, 0) is 32.6 Å². The third-order valence-corrected chi connectivity index (χ3v) is 5.97. The quantitative estimate of drug-likeness (QED) is 0.875. The molecule has 6 heteroatoms. The van der Waals surface area contributed by atoms with Crippen LogP contribution in [0.3, 0.4) is 0 Å². The summed E-state index contributed by atoms with van der Waals surface area (Å²) in [4.78, 5) is 24.2. The number of fused-ring (bicyclic) bond motifs is 1. The van der Waals surface area contributed by atoms with Gasteiger partial charge in [0, 0.05) is 50.3 Å². The molecule has 3 atom stereocenters. The minimum Gasteiger partial charge on any atom is -0.394 e. The Morgan fingerprint density at radius 3 is 2.83 bits per heavy atom. The molecule has 1 aromatic heterocycles. The molecule has 3 rings (SSSR count). The molecule has 1 amide bonds. The van der Waals surface area contributed by atoms with Gasteiger partial charge in [-0.25, -0.2) is 4.98 Å². The summed E-state index contributed by atoms with van der Waals surface area (Å²) < 4.78 is 0. The van der Waals surface area contributed by atoms with Crippen LogP contribution in [0.25, 0.3) is 0 Å². The molecular formula is C18H30N4O2. The van der Waals surface area contributed by atoms with Crippen molar-refractivity contribution in [1.82, 2.24) is 19.8 Å². The zero-order valence-electron chi connectivity index (χ0n) is 15.3. The minimum atomic E-state index is -0.236. The van der Waals surface area contributed by atoms with Crippen molar-refractivity contribution < 1.29 is 9.90 Å². The van der Waals surface area contributed by atoms with E-state index in [1.165, 1.54) is 0 Å². The molecule has 134 valence electrons. The lowest BCUT2D eigenvalue weighted by atomic mass is 9.89. The van der Waals surface area contributed by atoms with E-state index in [1.807, 2.05) is 4.90 Å². The summed E-state index contributed by atoms with van der Waals surface area (Å²) in [7, 11) is 0. The first kappa shape index (κ1) is 17.4. The van der Waals surface area contributed by atoms with Crippen LogP contribution in [0, 0.1) is 12.8 Å². The molecule has 2 saturated heterocycles. The monoisotopic (exact) mass is 334 g/mol. The lowest BCUT2D eigenvalue weighted by Crippen LogP contribution is -2.51. The van der Waals surface area contributed by atoms with Crippen molar-refractivity contribution in [2.24, 2.45) is 5.92 Å². The molecule has 3 heterocycles. The maximum atomic E-state index is 11.7. The van der Waals surface area contributed by atoms with Gasteiger partial charge in [-0.1, -0.05) is 6.92 Å². The summed E-state index contributed by atoms with van der Waals surface area (Å²) in [6.07, 6.45) is 2.81. The Labute approximate surface area is 144 Å². The second-order valence-corrected chi connectivity index (χ2v) is 7.68. The molecule has 0 bridgehead atoms. The van der Waals surface area contributed by atoms with E-state index in [0.717, 1.165) is 56.1 Å². The van der Waals surface area contributed by atoms with E-state index in [1.54, 1.807) is 6.92 Å². The standard InChI is InChI=1S/C18H30N4O2/c1-5-17-19-12(2)15(20-17)10-22-16-6-7-21(13(3)24)9-14(16)8-18(22,4)11-23/h14,16,23H,5-11H2,1-4H3,(H,19,20)/t14-,16-,18+/m0/s1. The van der Waals surface area contributed by atoms with Crippen LogP contribution in [-0.4, -0.2) is 62.1 Å². The number of H-pyrrole nitrogens is 1. The van der Waals surface area contributed by atoms with Crippen molar-refractivity contribution in [2.75, 3.05) is 19.7 Å². The molecule has 2 aliphatic rings. The van der Waals surface area contributed by atoms with E-state index in [4.69, 9.17) is 4.98 Å². The highest BCUT2D eigenvalue weighted by molar-refractivity contribution is 5.73. The van der Waals surface area contributed by atoms with Crippen LogP contribution in [0.4, 0.5) is 0 Å². The predicted molar refractivity (Wildman–Crippen MR) is 92.5 cm³/mol. The highest BCUT2D eigenvalue weighted by Gasteiger charge is 2.50. The first-order chi connectivity index (χ1) is 11.4. The van der Waals surface area contributed by atoms with Gasteiger partial charge in [-0.15, -0.1) is 0 Å². The van der Waals surface area contributed by atoms with Gasteiger partial charge in [0.2, 0.25) is 5.91 Å². The number of aromatic amines is 1. The molecule has 2 aliphatic heterocycles. The Kier molecular flexibility index (Phi) is 4.71. The lowest BCUT2D eigenvalue weighted by Gasteiger charge is -2.40. The fourth-order valence-corrected chi connectivity index (χ4v) is 4.51. The number of hydrogen-bond acceptors (Lipinski definition) is 4. The van der Waals surface area contributed by atoms with Gasteiger partial charge < -0.3 is 15.0 Å². The predicted octanol–water partition coefficient (Wildman–Crippen LogP) is 1.47. The minimum absolute atomic E-state index is 0.143. The Hall–Kier alpha value is -1.40. The lowest BCUT2D eigenvalue weighted by molar-refractivity contribution is -0.131. The number of aliphatic hydroxyl groups excluding tert-OH is 1. The normalized spacial score (nSPS) is 30.6. The Morgan fingerprint density at radius 1 is 1.50 bits per heavy atom. The van der Waals surface area contributed by atoms with Crippen LogP contribution in [0.2, 0.25) is 0 Å². The number of carbonyl (C=O) groups excluding carboxylic acids is 1. The van der Waals surface area contributed by atoms with Crippen molar-refractivity contribution in [3.8, 4) is 0 Å². The number of aryl methyl sites for hydroxylation is 2. The number of aromatic nitrogens is 2. The Bertz CT molecular complexity index is 614. The number of aliphatic hydroxyl groups is 1. The topological polar surface area (TPSA) is 72.5 Å². The molecule has 1 aromatic rings. The molecule has 6 nitrogen and oxygen atoms in total. The van der Waals surface area contributed by atoms with Crippen molar-refractivity contribution in [2.45, 2.75) is 65.1 Å². The van der Waals surface area contributed by atoms with E-state index in [0.29, 0.717) is 12.0 Å². The second-order valence-electron chi connectivity index (χ2n) is 7.68. The van der Waals surface area contributed by atoms with Gasteiger partial charge in [0.25, 0.3) is 0 Å². The molecule has 0 saturated carbocycles. The summed E-state index contributed by atoms with van der Waals surface area (Å²) in [5, 5.41) is 10.1. The number of nitrogens with zero attached hydrogens (tertiary/aromatic N) is 3. The third-order valence-electron chi connectivity index (χ3n) is 5.97. The largest absolute Gasteiger partial charge is 0.394 e. The van der Waals surface area contributed by atoms with Crippen molar-refractivity contribution in [3.63, 3.8) is 0 Å². The second kappa shape index (κ2) is 6.48. The average molecular weight is 334 g/mol. The van der Waals surface area contributed by atoms with E-state index in [9.17, 15) is 9.90 Å². The smallest absolute Gasteiger partial charge is 0.219 e. The van der Waals surface area contributed by atoms with E-state index < -0.39 is 0 Å². The number of likely N-dealkylation sites (tertiary alicyclic amines) is 2. The van der Waals surface area contributed by atoms with Gasteiger partial charge in [0.05, 0.1) is 12.3 Å². The molecule has 0 radical (unpaired) electrons. The number of carbonyl (C=O) groups is 1. The van der Waals surface area contributed by atoms with E-state index in [2.05, 4.69) is 30.7 Å². The summed E-state index contributed by atoms with van der Waals surface area (Å²) in [6.45, 7) is 10.5. The SMILES string of the molecule is CCc1nc(CN2[C@H]3CCN(C(C)=O)C[C@@H]3C[C@]2(C)CO)c(C)[nH]1. The van der Waals surface area contributed by atoms with Crippen LogP contribution >= 0.6 is 0 Å². The summed E-state index contributed by atoms with van der Waals surface area (Å²) in [5.41, 5.74) is 1.97. The van der Waals surface area contributed by atoms with Crippen molar-refractivity contribution in [3.05, 3.63) is 17.2 Å². The first-order valence-electron chi connectivity index (χ1n) is 9.05. The number of nitrogens with one attached hydrogen (secondary N) is 1. The number of rotatable bonds is 4. The zero-order chi connectivity index (χ0) is 17.5. The van der Waals surface area contributed by atoms with Gasteiger partial charge in [-0.2, -0.15) is 0 Å². The Balaban J connectivity index is 1.82. The van der Waals surface area contributed by atoms with Gasteiger partial charge in [0.15, 0.2) is 0 Å². The fraction of sp³-hybridized carbons (Fsp3) is 0.778. The highest BCUT2D eigenvalue weighted by atomic mass is 16.3. The number of amides is 1. The van der Waals surface area contributed by atoms with E-state index >= 15 is 0 Å². The van der Waals surface area contributed by atoms with Crippen LogP contribution in [-0.2, 0) is 17.8 Å². The number of piperidine rings is 1. The third kappa shape index (κ3) is 2.97. The molecule has 2 N–H and O–H groups in total. The van der Waals surface area contributed by atoms with Gasteiger partial charge in [0.1, 0.15) is 5.82 Å².